The Morgan fingerprint density at radius 1 is 1.00 bits per heavy atom. The molecular formula is C26H29ClN6O3S. The second kappa shape index (κ2) is 8.92. The molecule has 0 bridgehead atoms. The lowest BCUT2D eigenvalue weighted by Crippen LogP contribution is -2.71. The molecule has 3 aromatic rings. The van der Waals surface area contributed by atoms with E-state index in [4.69, 9.17) is 17.3 Å². The Kier molecular flexibility index (Phi) is 5.92. The van der Waals surface area contributed by atoms with Crippen LogP contribution in [0.5, 0.6) is 0 Å². The first-order valence-electron chi connectivity index (χ1n) is 12.4. The van der Waals surface area contributed by atoms with Gasteiger partial charge in [0.25, 0.3) is 0 Å². The van der Waals surface area contributed by atoms with E-state index in [0.29, 0.717) is 11.6 Å². The topological polar surface area (TPSA) is 112 Å². The number of nitrogens with two attached hydrogens (primary N) is 1. The molecule has 3 aliphatic rings. The highest BCUT2D eigenvalue weighted by Crippen LogP contribution is 2.39. The van der Waals surface area contributed by atoms with Crippen LogP contribution >= 0.6 is 11.6 Å². The first-order chi connectivity index (χ1) is 17.7. The number of carbonyl (C=O) groups excluding carboxylic acids is 1. The van der Waals surface area contributed by atoms with Crippen LogP contribution in [0.1, 0.15) is 12.8 Å². The molecule has 0 radical (unpaired) electrons. The molecule has 0 saturated carbocycles. The highest BCUT2D eigenvalue weighted by Gasteiger charge is 2.58. The van der Waals surface area contributed by atoms with Crippen molar-refractivity contribution in [3.8, 4) is 0 Å². The Morgan fingerprint density at radius 2 is 1.70 bits per heavy atom. The summed E-state index contributed by atoms with van der Waals surface area (Å²) in [5.74, 6) is -0.228. The average molecular weight is 541 g/mol. The fourth-order valence-electron chi connectivity index (χ4n) is 6.02. The monoisotopic (exact) mass is 540 g/mol. The van der Waals surface area contributed by atoms with Crippen LogP contribution < -0.4 is 16.0 Å². The predicted molar refractivity (Wildman–Crippen MR) is 143 cm³/mol. The molecule has 194 valence electrons. The SMILES string of the molecule is NCC12CN(S(=O)(=O)c3ccc4cc(Cl)ccc4c3)CC(=O)N1CC1(CCN(c3ccncc3)CC1)N2. The van der Waals surface area contributed by atoms with Gasteiger partial charge in [-0.05, 0) is 60.0 Å². The Bertz CT molecular complexity index is 1460. The molecule has 3 saturated heterocycles. The molecule has 1 amide bonds. The van der Waals surface area contributed by atoms with Crippen molar-refractivity contribution >= 4 is 44.0 Å². The summed E-state index contributed by atoms with van der Waals surface area (Å²) in [7, 11) is -3.93. The zero-order chi connectivity index (χ0) is 25.8. The molecule has 3 aliphatic heterocycles. The third-order valence-corrected chi connectivity index (χ3v) is 10.0. The summed E-state index contributed by atoms with van der Waals surface area (Å²) < 4.78 is 28.7. The van der Waals surface area contributed by atoms with E-state index in [1.807, 2.05) is 12.1 Å². The fourth-order valence-corrected chi connectivity index (χ4v) is 7.68. The molecule has 2 aromatic carbocycles. The number of aromatic nitrogens is 1. The molecule has 1 aromatic heterocycles. The first-order valence-corrected chi connectivity index (χ1v) is 14.2. The summed E-state index contributed by atoms with van der Waals surface area (Å²) in [5.41, 5.74) is 6.16. The summed E-state index contributed by atoms with van der Waals surface area (Å²) in [4.78, 5) is 21.7. The van der Waals surface area contributed by atoms with Gasteiger partial charge in [0.1, 0.15) is 5.66 Å². The standard InChI is InChI=1S/C26H29ClN6O3S/c27-21-3-1-20-14-23(4-2-19(20)13-21)37(35,36)32-15-24(34)33-17-25(30-26(33,16-28)18-32)7-11-31(12-8-25)22-5-9-29-10-6-22/h1-6,9-10,13-14,30H,7-8,11-12,15-18,28H2. The van der Waals surface area contributed by atoms with Gasteiger partial charge in [-0.3, -0.25) is 15.1 Å². The number of carbonyl (C=O) groups is 1. The molecule has 9 nitrogen and oxygen atoms in total. The maximum Gasteiger partial charge on any atom is 0.243 e. The van der Waals surface area contributed by atoms with E-state index in [2.05, 4.69) is 15.2 Å². The van der Waals surface area contributed by atoms with E-state index in [9.17, 15) is 13.2 Å². The van der Waals surface area contributed by atoms with Crippen molar-refractivity contribution in [1.82, 2.24) is 19.5 Å². The molecule has 1 spiro atoms. The Labute approximate surface area is 221 Å². The molecule has 3 N–H and O–H groups in total. The Balaban J connectivity index is 1.25. The van der Waals surface area contributed by atoms with Crippen molar-refractivity contribution in [2.75, 3.05) is 44.2 Å². The van der Waals surface area contributed by atoms with Crippen LogP contribution in [-0.2, 0) is 14.8 Å². The molecule has 6 rings (SSSR count). The van der Waals surface area contributed by atoms with Crippen molar-refractivity contribution in [3.05, 3.63) is 65.9 Å². The maximum absolute atomic E-state index is 13.7. The van der Waals surface area contributed by atoms with Crippen LogP contribution in [-0.4, -0.2) is 79.0 Å². The van der Waals surface area contributed by atoms with Crippen LogP contribution in [0.25, 0.3) is 10.8 Å². The Morgan fingerprint density at radius 3 is 2.43 bits per heavy atom. The van der Waals surface area contributed by atoms with Gasteiger partial charge in [0, 0.05) is 54.8 Å². The summed E-state index contributed by atoms with van der Waals surface area (Å²) in [5, 5.41) is 5.89. The molecule has 3 fully saturated rings. The van der Waals surface area contributed by atoms with Gasteiger partial charge < -0.3 is 15.5 Å². The zero-order valence-corrected chi connectivity index (χ0v) is 21.9. The molecule has 1 unspecified atom stereocenters. The van der Waals surface area contributed by atoms with Gasteiger partial charge in [-0.1, -0.05) is 23.7 Å². The lowest BCUT2D eigenvalue weighted by molar-refractivity contribution is -0.140. The number of hydrogen-bond acceptors (Lipinski definition) is 7. The van der Waals surface area contributed by atoms with Gasteiger partial charge in [0.15, 0.2) is 0 Å². The number of amides is 1. The van der Waals surface area contributed by atoms with Gasteiger partial charge in [-0.25, -0.2) is 8.42 Å². The number of halogens is 1. The van der Waals surface area contributed by atoms with E-state index in [1.165, 1.54) is 4.31 Å². The molecule has 11 heteroatoms. The summed E-state index contributed by atoms with van der Waals surface area (Å²) in [6, 6.07) is 14.3. The largest absolute Gasteiger partial charge is 0.371 e. The van der Waals surface area contributed by atoms with Crippen molar-refractivity contribution < 1.29 is 13.2 Å². The minimum atomic E-state index is -3.93. The number of piperidine rings is 1. The number of hydrogen-bond donors (Lipinski definition) is 2. The highest BCUT2D eigenvalue weighted by atomic mass is 35.5. The zero-order valence-electron chi connectivity index (χ0n) is 20.3. The molecule has 37 heavy (non-hydrogen) atoms. The quantitative estimate of drug-likeness (QED) is 0.520. The van der Waals surface area contributed by atoms with Crippen molar-refractivity contribution in [2.24, 2.45) is 5.73 Å². The van der Waals surface area contributed by atoms with E-state index >= 15 is 0 Å². The van der Waals surface area contributed by atoms with Gasteiger partial charge in [-0.2, -0.15) is 4.31 Å². The number of nitrogens with one attached hydrogen (secondary N) is 1. The highest BCUT2D eigenvalue weighted by molar-refractivity contribution is 7.89. The van der Waals surface area contributed by atoms with Crippen LogP contribution in [0.3, 0.4) is 0 Å². The molecule has 1 atom stereocenters. The lowest BCUT2D eigenvalue weighted by atomic mass is 9.88. The number of piperazine rings is 1. The van der Waals surface area contributed by atoms with Crippen LogP contribution in [0.15, 0.2) is 65.8 Å². The number of sulfonamides is 1. The summed E-state index contributed by atoms with van der Waals surface area (Å²) >= 11 is 6.08. The van der Waals surface area contributed by atoms with Crippen molar-refractivity contribution in [3.63, 3.8) is 0 Å². The normalized spacial score (nSPS) is 24.1. The smallest absolute Gasteiger partial charge is 0.243 e. The van der Waals surface area contributed by atoms with Crippen LogP contribution in [0.2, 0.25) is 5.02 Å². The number of rotatable bonds is 4. The van der Waals surface area contributed by atoms with Crippen molar-refractivity contribution in [2.45, 2.75) is 28.9 Å². The molecular weight excluding hydrogens is 512 g/mol. The van der Waals surface area contributed by atoms with Gasteiger partial charge >= 0.3 is 0 Å². The van der Waals surface area contributed by atoms with Gasteiger partial charge in [0.05, 0.1) is 18.0 Å². The number of fused-ring (bicyclic) bond motifs is 2. The van der Waals surface area contributed by atoms with Crippen LogP contribution in [0, 0.1) is 0 Å². The number of anilines is 1. The fraction of sp³-hybridized carbons (Fsp3) is 0.385. The number of pyridine rings is 1. The summed E-state index contributed by atoms with van der Waals surface area (Å²) in [6.45, 7) is 2.19. The number of nitrogens with zero attached hydrogens (tertiary/aromatic N) is 4. The minimum absolute atomic E-state index is 0.103. The second-order valence-corrected chi connectivity index (χ2v) is 12.6. The lowest BCUT2D eigenvalue weighted by Gasteiger charge is -2.45. The van der Waals surface area contributed by atoms with E-state index in [-0.39, 0.29) is 36.0 Å². The second-order valence-electron chi connectivity index (χ2n) is 10.2. The van der Waals surface area contributed by atoms with Gasteiger partial charge in [-0.15, -0.1) is 0 Å². The third kappa shape index (κ3) is 4.17. The van der Waals surface area contributed by atoms with E-state index < -0.39 is 15.7 Å². The number of benzene rings is 2. The van der Waals surface area contributed by atoms with Gasteiger partial charge in [0.2, 0.25) is 15.9 Å². The molecule has 4 heterocycles. The van der Waals surface area contributed by atoms with Crippen molar-refractivity contribution in [1.29, 1.82) is 0 Å². The average Bonchev–Trinajstić information content (AvgIpc) is 3.24. The maximum atomic E-state index is 13.7. The molecule has 0 aliphatic carbocycles. The van der Waals surface area contributed by atoms with E-state index in [1.54, 1.807) is 53.7 Å². The Hall–Kier alpha value is -2.76. The van der Waals surface area contributed by atoms with E-state index in [0.717, 1.165) is 42.4 Å². The predicted octanol–water partition coefficient (Wildman–Crippen LogP) is 2.02. The summed E-state index contributed by atoms with van der Waals surface area (Å²) in [6.07, 6.45) is 5.22. The third-order valence-electron chi connectivity index (χ3n) is 8.02. The van der Waals surface area contributed by atoms with Crippen LogP contribution in [0.4, 0.5) is 5.69 Å². The first kappa shape index (κ1) is 24.6. The minimum Gasteiger partial charge on any atom is -0.371 e.